The minimum absolute atomic E-state index is 0.151. The molecule has 0 aliphatic rings. The average Bonchev–Trinajstić information content (AvgIpc) is 2.25. The zero-order valence-electron chi connectivity index (χ0n) is 8.43. The predicted molar refractivity (Wildman–Crippen MR) is 60.3 cm³/mol. The van der Waals surface area contributed by atoms with E-state index in [0.717, 1.165) is 4.90 Å². The largest absolute Gasteiger partial charge is 0.508 e. The fourth-order valence-electron chi connectivity index (χ4n) is 1.01. The van der Waals surface area contributed by atoms with E-state index in [1.165, 1.54) is 11.8 Å². The monoisotopic (exact) mass is 226 g/mol. The first-order valence-corrected chi connectivity index (χ1v) is 5.54. The second-order valence-corrected chi connectivity index (χ2v) is 4.31. The molecule has 4 N–H and O–H groups in total. The van der Waals surface area contributed by atoms with Crippen LogP contribution in [-0.2, 0) is 4.79 Å². The normalized spacial score (nSPS) is 12.1. The molecule has 0 heterocycles. The first kappa shape index (κ1) is 11.9. The van der Waals surface area contributed by atoms with Gasteiger partial charge in [0.25, 0.3) is 0 Å². The Kier molecular flexibility index (Phi) is 4.45. The third-order valence-electron chi connectivity index (χ3n) is 1.91. The summed E-state index contributed by atoms with van der Waals surface area (Å²) in [5, 5.41) is 9.22. The van der Waals surface area contributed by atoms with Crippen LogP contribution in [0.4, 0.5) is 0 Å². The van der Waals surface area contributed by atoms with Crippen LogP contribution in [0.25, 0.3) is 0 Å². The molecule has 1 aromatic carbocycles. The number of hydrazine groups is 1. The molecule has 0 radical (unpaired) electrons. The minimum atomic E-state index is -0.178. The van der Waals surface area contributed by atoms with Gasteiger partial charge < -0.3 is 5.11 Å². The third kappa shape index (κ3) is 3.81. The van der Waals surface area contributed by atoms with Gasteiger partial charge in [0.1, 0.15) is 5.75 Å². The Morgan fingerprint density at radius 3 is 3.00 bits per heavy atom. The number of thioether (sulfide) groups is 1. The Morgan fingerprint density at radius 2 is 2.40 bits per heavy atom. The number of amides is 1. The number of hydrogen-bond donors (Lipinski definition) is 3. The topological polar surface area (TPSA) is 75.3 Å². The summed E-state index contributed by atoms with van der Waals surface area (Å²) in [7, 11) is 0. The lowest BCUT2D eigenvalue weighted by Crippen LogP contribution is -2.35. The van der Waals surface area contributed by atoms with Crippen LogP contribution in [0.5, 0.6) is 5.75 Å². The molecule has 82 valence electrons. The molecule has 1 aromatic rings. The minimum Gasteiger partial charge on any atom is -0.508 e. The van der Waals surface area contributed by atoms with Gasteiger partial charge >= 0.3 is 0 Å². The number of carbonyl (C=O) groups is 1. The number of rotatable bonds is 4. The maximum atomic E-state index is 11.1. The van der Waals surface area contributed by atoms with Crippen molar-refractivity contribution < 1.29 is 9.90 Å². The molecule has 0 aromatic heterocycles. The molecule has 15 heavy (non-hydrogen) atoms. The summed E-state index contributed by atoms with van der Waals surface area (Å²) in [6.45, 7) is 1.80. The summed E-state index contributed by atoms with van der Waals surface area (Å²) in [6.07, 6.45) is 0. The van der Waals surface area contributed by atoms with Crippen LogP contribution in [0.15, 0.2) is 29.2 Å². The van der Waals surface area contributed by atoms with Gasteiger partial charge in [0.05, 0.1) is 0 Å². The second-order valence-electron chi connectivity index (χ2n) is 3.22. The number of nitrogens with one attached hydrogen (secondary N) is 1. The van der Waals surface area contributed by atoms with E-state index in [-0.39, 0.29) is 17.6 Å². The average molecular weight is 226 g/mol. The maximum Gasteiger partial charge on any atom is 0.237 e. The summed E-state index contributed by atoms with van der Waals surface area (Å²) in [5.41, 5.74) is 2.11. The van der Waals surface area contributed by atoms with Gasteiger partial charge in [-0.3, -0.25) is 10.2 Å². The molecule has 0 fully saturated rings. The van der Waals surface area contributed by atoms with E-state index in [1.807, 2.05) is 6.07 Å². The van der Waals surface area contributed by atoms with Gasteiger partial charge in [-0.25, -0.2) is 5.84 Å². The third-order valence-corrected chi connectivity index (χ3v) is 3.16. The molecule has 1 unspecified atom stereocenters. The number of phenolic OH excluding ortho intramolecular Hbond substituents is 1. The van der Waals surface area contributed by atoms with Crippen molar-refractivity contribution in [3.8, 4) is 5.75 Å². The van der Waals surface area contributed by atoms with Gasteiger partial charge in [0.15, 0.2) is 0 Å². The van der Waals surface area contributed by atoms with Crippen LogP contribution < -0.4 is 11.3 Å². The zero-order chi connectivity index (χ0) is 11.3. The van der Waals surface area contributed by atoms with Crippen LogP contribution in [-0.4, -0.2) is 16.8 Å². The fourth-order valence-corrected chi connectivity index (χ4v) is 1.99. The van der Waals surface area contributed by atoms with E-state index in [1.54, 1.807) is 25.1 Å². The predicted octanol–water partition coefficient (Wildman–Crippen LogP) is 1.11. The van der Waals surface area contributed by atoms with Crippen LogP contribution in [0, 0.1) is 5.92 Å². The number of phenols is 1. The highest BCUT2D eigenvalue weighted by molar-refractivity contribution is 7.99. The Labute approximate surface area is 92.8 Å². The summed E-state index contributed by atoms with van der Waals surface area (Å²) in [5.74, 6) is 5.55. The van der Waals surface area contributed by atoms with Crippen LogP contribution in [0.1, 0.15) is 6.92 Å². The highest BCUT2D eigenvalue weighted by atomic mass is 32.2. The van der Waals surface area contributed by atoms with Crippen LogP contribution in [0.2, 0.25) is 0 Å². The number of aromatic hydroxyl groups is 1. The number of benzene rings is 1. The van der Waals surface area contributed by atoms with Crippen molar-refractivity contribution in [2.24, 2.45) is 11.8 Å². The molecule has 0 saturated carbocycles. The zero-order valence-corrected chi connectivity index (χ0v) is 9.25. The molecule has 0 bridgehead atoms. The molecule has 1 rings (SSSR count). The molecule has 1 atom stereocenters. The number of nitrogens with two attached hydrogens (primary N) is 1. The molecule has 0 aliphatic carbocycles. The van der Waals surface area contributed by atoms with Crippen molar-refractivity contribution in [1.29, 1.82) is 0 Å². The van der Waals surface area contributed by atoms with Gasteiger partial charge in [0, 0.05) is 16.6 Å². The summed E-state index contributed by atoms with van der Waals surface area (Å²) in [4.78, 5) is 12.0. The second kappa shape index (κ2) is 5.63. The highest BCUT2D eigenvalue weighted by Gasteiger charge is 2.11. The smallest absolute Gasteiger partial charge is 0.237 e. The summed E-state index contributed by atoms with van der Waals surface area (Å²) in [6, 6.07) is 6.93. The Hall–Kier alpha value is -1.20. The van der Waals surface area contributed by atoms with E-state index >= 15 is 0 Å². The number of carbonyl (C=O) groups excluding carboxylic acids is 1. The van der Waals surface area contributed by atoms with Gasteiger partial charge in [-0.05, 0) is 18.2 Å². The van der Waals surface area contributed by atoms with Gasteiger partial charge in [0.2, 0.25) is 5.91 Å². The van der Waals surface area contributed by atoms with Gasteiger partial charge in [-0.15, -0.1) is 11.8 Å². The van der Waals surface area contributed by atoms with Crippen molar-refractivity contribution in [3.63, 3.8) is 0 Å². The van der Waals surface area contributed by atoms with Crippen molar-refractivity contribution in [2.75, 3.05) is 5.75 Å². The van der Waals surface area contributed by atoms with Crippen molar-refractivity contribution >= 4 is 17.7 Å². The molecule has 0 saturated heterocycles. The fraction of sp³-hybridized carbons (Fsp3) is 0.300. The lowest BCUT2D eigenvalue weighted by Gasteiger charge is -2.08. The molecule has 0 spiro atoms. The molecule has 5 heteroatoms. The first-order chi connectivity index (χ1) is 7.13. The molecule has 4 nitrogen and oxygen atoms in total. The quantitative estimate of drug-likeness (QED) is 0.311. The van der Waals surface area contributed by atoms with Gasteiger partial charge in [-0.1, -0.05) is 13.0 Å². The van der Waals surface area contributed by atoms with Crippen LogP contribution in [0.3, 0.4) is 0 Å². The van der Waals surface area contributed by atoms with E-state index in [0.29, 0.717) is 5.75 Å². The van der Waals surface area contributed by atoms with E-state index in [4.69, 9.17) is 5.84 Å². The summed E-state index contributed by atoms with van der Waals surface area (Å²) < 4.78 is 0. The van der Waals surface area contributed by atoms with Crippen molar-refractivity contribution in [2.45, 2.75) is 11.8 Å². The standard InChI is InChI=1S/C10H14N2O2S/c1-7(10(14)12-11)6-15-9-4-2-3-8(13)5-9/h2-5,7,13H,6,11H2,1H3,(H,12,14). The molecular formula is C10H14N2O2S. The van der Waals surface area contributed by atoms with Crippen molar-refractivity contribution in [1.82, 2.24) is 5.43 Å². The summed E-state index contributed by atoms with van der Waals surface area (Å²) >= 11 is 1.51. The number of hydrogen-bond acceptors (Lipinski definition) is 4. The van der Waals surface area contributed by atoms with E-state index in [9.17, 15) is 9.90 Å². The lowest BCUT2D eigenvalue weighted by atomic mass is 10.2. The molecule has 0 aliphatic heterocycles. The van der Waals surface area contributed by atoms with E-state index in [2.05, 4.69) is 5.43 Å². The Balaban J connectivity index is 2.47. The first-order valence-electron chi connectivity index (χ1n) is 4.55. The maximum absolute atomic E-state index is 11.1. The SMILES string of the molecule is CC(CSc1cccc(O)c1)C(=O)NN. The van der Waals surface area contributed by atoms with Crippen molar-refractivity contribution in [3.05, 3.63) is 24.3 Å². The van der Waals surface area contributed by atoms with Crippen LogP contribution >= 0.6 is 11.8 Å². The highest BCUT2D eigenvalue weighted by Crippen LogP contribution is 2.23. The van der Waals surface area contributed by atoms with E-state index < -0.39 is 0 Å². The lowest BCUT2D eigenvalue weighted by molar-refractivity contribution is -0.123. The Morgan fingerprint density at radius 1 is 1.67 bits per heavy atom. The van der Waals surface area contributed by atoms with Gasteiger partial charge in [-0.2, -0.15) is 0 Å². The Bertz CT molecular complexity index is 344. The molecular weight excluding hydrogens is 212 g/mol. The molecule has 1 amide bonds.